The van der Waals surface area contributed by atoms with E-state index in [1.54, 1.807) is 6.08 Å². The largest absolute Gasteiger partial charge is 0.490 e. The zero-order chi connectivity index (χ0) is 29.4. The first-order valence-electron chi connectivity index (χ1n) is 14.6. The first kappa shape index (κ1) is 30.6. The summed E-state index contributed by atoms with van der Waals surface area (Å²) in [4.78, 5) is 3.65. The molecule has 3 aliphatic rings. The lowest BCUT2D eigenvalue weighted by atomic mass is 9.83. The predicted molar refractivity (Wildman–Crippen MR) is 170 cm³/mol. The zero-order valence-corrected chi connectivity index (χ0v) is 25.9. The molecule has 6 rings (SSSR count). The van der Waals surface area contributed by atoms with Crippen LogP contribution in [0.3, 0.4) is 0 Å². The van der Waals surface area contributed by atoms with Crippen molar-refractivity contribution in [1.29, 1.82) is 0 Å². The van der Waals surface area contributed by atoms with Gasteiger partial charge in [-0.2, -0.15) is 0 Å². The molecule has 0 fully saturated rings. The molecule has 0 aliphatic carbocycles. The lowest BCUT2D eigenvalue weighted by molar-refractivity contribution is 0.151. The highest BCUT2D eigenvalue weighted by Crippen LogP contribution is 2.47. The number of nitrogens with zero attached hydrogens (tertiary/aromatic N) is 1. The second-order valence-electron chi connectivity index (χ2n) is 10.1. The minimum absolute atomic E-state index is 0.343. The third-order valence-corrected chi connectivity index (χ3v) is 7.98. The number of allylic oxidation sites excluding steroid dienone is 2. The van der Waals surface area contributed by atoms with Gasteiger partial charge in [-0.15, -0.1) is 0 Å². The number of benzene rings is 3. The second-order valence-corrected chi connectivity index (χ2v) is 10.9. The van der Waals surface area contributed by atoms with Crippen LogP contribution in [0.4, 0.5) is 0 Å². The summed E-state index contributed by atoms with van der Waals surface area (Å²) >= 11 is 1.38. The standard InChI is InChI=1S/C28H29NO4S.C5H8.C2H6/c1-3-30-28-23-17-29-11-10-20-15-26-27(32-13-12-31-26)16-22(20)24(29)14-19(23)6-9-25(28)33-34-21-7-4-18(2)5-8-21;1-4-5(2)3;1-2/h4-9,15-16,24H,3,10-14,17H2,1-2H3;4H,1-2H2,3H3;1-2H3. The van der Waals surface area contributed by atoms with Crippen LogP contribution in [0.25, 0.3) is 0 Å². The molecule has 6 heteroatoms. The Kier molecular flexibility index (Phi) is 10.8. The van der Waals surface area contributed by atoms with Crippen LogP contribution in [0.15, 0.2) is 78.2 Å². The lowest BCUT2D eigenvalue weighted by Crippen LogP contribution is -2.39. The Balaban J connectivity index is 0.000000502. The Labute approximate surface area is 250 Å². The Morgan fingerprint density at radius 2 is 1.73 bits per heavy atom. The van der Waals surface area contributed by atoms with E-state index in [0.29, 0.717) is 25.9 Å². The predicted octanol–water partition coefficient (Wildman–Crippen LogP) is 8.68. The summed E-state index contributed by atoms with van der Waals surface area (Å²) in [5.41, 5.74) is 7.60. The molecule has 3 aromatic carbocycles. The van der Waals surface area contributed by atoms with Crippen LogP contribution in [-0.4, -0.2) is 31.3 Å². The van der Waals surface area contributed by atoms with Crippen molar-refractivity contribution in [2.75, 3.05) is 26.4 Å². The van der Waals surface area contributed by atoms with Crippen LogP contribution in [0, 0.1) is 6.92 Å². The van der Waals surface area contributed by atoms with E-state index in [0.717, 1.165) is 59.4 Å². The second kappa shape index (κ2) is 14.5. The van der Waals surface area contributed by atoms with Crippen LogP contribution in [0.1, 0.15) is 61.6 Å². The summed E-state index contributed by atoms with van der Waals surface area (Å²) in [7, 11) is 0. The summed E-state index contributed by atoms with van der Waals surface area (Å²) in [5.74, 6) is 3.44. The Morgan fingerprint density at radius 1 is 1.05 bits per heavy atom. The van der Waals surface area contributed by atoms with Crippen LogP contribution in [0.5, 0.6) is 23.0 Å². The van der Waals surface area contributed by atoms with Crippen molar-refractivity contribution in [2.45, 2.75) is 64.9 Å². The zero-order valence-electron chi connectivity index (χ0n) is 25.1. The van der Waals surface area contributed by atoms with Crippen molar-refractivity contribution < 1.29 is 18.4 Å². The molecule has 1 atom stereocenters. The summed E-state index contributed by atoms with van der Waals surface area (Å²) in [6.07, 6.45) is 3.69. The molecular formula is C35H43NO4S. The van der Waals surface area contributed by atoms with E-state index in [9.17, 15) is 0 Å². The maximum absolute atomic E-state index is 6.18. The molecule has 0 radical (unpaired) electrons. The van der Waals surface area contributed by atoms with E-state index < -0.39 is 0 Å². The smallest absolute Gasteiger partial charge is 0.180 e. The molecule has 1 unspecified atom stereocenters. The van der Waals surface area contributed by atoms with E-state index in [1.165, 1.54) is 39.9 Å². The fraction of sp³-hybridized carbons (Fsp3) is 0.371. The maximum Gasteiger partial charge on any atom is 0.180 e. The first-order chi connectivity index (χ1) is 20.0. The van der Waals surface area contributed by atoms with Gasteiger partial charge in [0.15, 0.2) is 23.0 Å². The molecule has 0 saturated carbocycles. The van der Waals surface area contributed by atoms with Crippen molar-refractivity contribution in [3.05, 3.63) is 101 Å². The van der Waals surface area contributed by atoms with Crippen LogP contribution < -0.4 is 18.4 Å². The minimum atomic E-state index is 0.343. The monoisotopic (exact) mass is 573 g/mol. The SMILES string of the molecule is C=CC(=C)C.CC.CCOc1c(OSc2ccc(C)cc2)ccc2c1CN1CCc3cc4c(cc3C1C2)OCCO4. The normalized spacial score (nSPS) is 16.3. The third-order valence-electron chi connectivity index (χ3n) is 7.25. The Bertz CT molecular complexity index is 1350. The minimum Gasteiger partial charge on any atom is -0.490 e. The van der Waals surface area contributed by atoms with Crippen LogP contribution in [-0.2, 0) is 19.4 Å². The van der Waals surface area contributed by atoms with E-state index in [2.05, 4.69) is 73.5 Å². The van der Waals surface area contributed by atoms with Gasteiger partial charge in [-0.3, -0.25) is 4.90 Å². The molecule has 0 bridgehead atoms. The molecule has 41 heavy (non-hydrogen) atoms. The van der Waals surface area contributed by atoms with Gasteiger partial charge in [-0.25, -0.2) is 0 Å². The van der Waals surface area contributed by atoms with Crippen molar-refractivity contribution in [3.8, 4) is 23.0 Å². The highest BCUT2D eigenvalue weighted by molar-refractivity contribution is 7.95. The van der Waals surface area contributed by atoms with Crippen molar-refractivity contribution >= 4 is 12.0 Å². The van der Waals surface area contributed by atoms with Gasteiger partial charge in [0.1, 0.15) is 13.2 Å². The summed E-state index contributed by atoms with van der Waals surface area (Å²) in [6, 6.07) is 17.4. The van der Waals surface area contributed by atoms with Crippen LogP contribution in [0.2, 0.25) is 0 Å². The number of hydrogen-bond donors (Lipinski definition) is 0. The van der Waals surface area contributed by atoms with Gasteiger partial charge in [-0.1, -0.05) is 62.4 Å². The van der Waals surface area contributed by atoms with Crippen molar-refractivity contribution in [1.82, 2.24) is 4.90 Å². The molecule has 0 spiro atoms. The molecule has 218 valence electrons. The molecule has 3 aliphatic heterocycles. The fourth-order valence-corrected chi connectivity index (χ4v) is 5.76. The van der Waals surface area contributed by atoms with Crippen molar-refractivity contribution in [3.63, 3.8) is 0 Å². The molecule has 3 aromatic rings. The van der Waals surface area contributed by atoms with Crippen molar-refractivity contribution in [2.24, 2.45) is 0 Å². The van der Waals surface area contributed by atoms with Crippen LogP contribution >= 0.6 is 12.0 Å². The number of hydrogen-bond acceptors (Lipinski definition) is 6. The fourth-order valence-electron chi connectivity index (χ4n) is 5.20. The maximum atomic E-state index is 6.18. The first-order valence-corrected chi connectivity index (χ1v) is 15.3. The molecule has 0 amide bonds. The Hall–Kier alpha value is -3.35. The topological polar surface area (TPSA) is 40.2 Å². The summed E-state index contributed by atoms with van der Waals surface area (Å²) in [6.45, 7) is 20.8. The van der Waals surface area contributed by atoms with E-state index in [-0.39, 0.29) is 0 Å². The van der Waals surface area contributed by atoms with Gasteiger partial charge < -0.3 is 18.4 Å². The molecule has 0 N–H and O–H groups in total. The van der Waals surface area contributed by atoms with Gasteiger partial charge >= 0.3 is 0 Å². The lowest BCUT2D eigenvalue weighted by Gasteiger charge is -2.42. The summed E-state index contributed by atoms with van der Waals surface area (Å²) in [5, 5.41) is 0. The highest BCUT2D eigenvalue weighted by atomic mass is 32.2. The van der Waals surface area contributed by atoms with E-state index >= 15 is 0 Å². The Morgan fingerprint density at radius 3 is 2.39 bits per heavy atom. The number of fused-ring (bicyclic) bond motifs is 5. The van der Waals surface area contributed by atoms with Gasteiger partial charge in [0.05, 0.1) is 18.6 Å². The number of ether oxygens (including phenoxy) is 3. The van der Waals surface area contributed by atoms with Gasteiger partial charge in [0.2, 0.25) is 0 Å². The van der Waals surface area contributed by atoms with E-state index in [4.69, 9.17) is 18.4 Å². The number of aryl methyl sites for hydroxylation is 1. The van der Waals surface area contributed by atoms with E-state index in [1.807, 2.05) is 27.7 Å². The quantitative estimate of drug-likeness (QED) is 0.217. The summed E-state index contributed by atoms with van der Waals surface area (Å²) < 4.78 is 24.1. The average Bonchev–Trinajstić information content (AvgIpc) is 3.01. The molecular weight excluding hydrogens is 530 g/mol. The molecule has 0 aromatic heterocycles. The number of rotatable bonds is 6. The highest BCUT2D eigenvalue weighted by Gasteiger charge is 2.35. The molecule has 5 nitrogen and oxygen atoms in total. The van der Waals surface area contributed by atoms with Gasteiger partial charge in [0, 0.05) is 29.6 Å². The van der Waals surface area contributed by atoms with Gasteiger partial charge in [-0.05, 0) is 80.6 Å². The van der Waals surface area contributed by atoms with Gasteiger partial charge in [0.25, 0.3) is 0 Å². The average molecular weight is 574 g/mol. The third kappa shape index (κ3) is 7.30. The molecule has 3 heterocycles. The molecule has 0 saturated heterocycles.